The lowest BCUT2D eigenvalue weighted by Gasteiger charge is -2.13. The van der Waals surface area contributed by atoms with Gasteiger partial charge in [-0.25, -0.2) is 0 Å². The molecule has 0 atom stereocenters. The molecule has 1 aromatic heterocycles. The highest BCUT2D eigenvalue weighted by Crippen LogP contribution is 2.26. The van der Waals surface area contributed by atoms with E-state index in [9.17, 15) is 9.59 Å². The lowest BCUT2D eigenvalue weighted by molar-refractivity contribution is 0.0950. The van der Waals surface area contributed by atoms with Crippen LogP contribution in [0.2, 0.25) is 0 Å². The number of primary amides is 1. The van der Waals surface area contributed by atoms with Gasteiger partial charge in [-0.15, -0.1) is 0 Å². The van der Waals surface area contributed by atoms with Crippen molar-refractivity contribution >= 4 is 39.3 Å². The van der Waals surface area contributed by atoms with Crippen LogP contribution in [0.5, 0.6) is 0 Å². The largest absolute Gasteiger partial charge is 0.368 e. The Morgan fingerprint density at radius 2 is 1.89 bits per heavy atom. The molecule has 7 heteroatoms. The second-order valence-corrected chi connectivity index (χ2v) is 7.45. The number of nitrogens with one attached hydrogen (secondary N) is 2. The zero-order valence-electron chi connectivity index (χ0n) is 14.7. The molecular formula is C20H20N4O2S. The zero-order chi connectivity index (χ0) is 18.8. The van der Waals surface area contributed by atoms with Crippen LogP contribution in [0.25, 0.3) is 10.1 Å². The number of aromatic nitrogens is 1. The van der Waals surface area contributed by atoms with E-state index < -0.39 is 5.91 Å². The molecule has 27 heavy (non-hydrogen) atoms. The number of nitrogens with zero attached hydrogens (tertiary/aromatic N) is 1. The van der Waals surface area contributed by atoms with Gasteiger partial charge in [-0.05, 0) is 60.6 Å². The van der Waals surface area contributed by atoms with Crippen LogP contribution in [0.1, 0.15) is 39.1 Å². The Morgan fingerprint density at radius 3 is 2.67 bits per heavy atom. The minimum atomic E-state index is -0.523. The zero-order valence-corrected chi connectivity index (χ0v) is 15.5. The molecule has 1 aliphatic rings. The van der Waals surface area contributed by atoms with E-state index in [1.165, 1.54) is 11.5 Å². The molecule has 0 spiro atoms. The van der Waals surface area contributed by atoms with E-state index in [0.29, 0.717) is 29.7 Å². The van der Waals surface area contributed by atoms with Crippen LogP contribution in [0.3, 0.4) is 0 Å². The van der Waals surface area contributed by atoms with Crippen molar-refractivity contribution in [2.75, 3.05) is 11.9 Å². The number of nitrogens with two attached hydrogens (primary N) is 1. The van der Waals surface area contributed by atoms with E-state index >= 15 is 0 Å². The fourth-order valence-corrected chi connectivity index (χ4v) is 3.86. The Balaban J connectivity index is 1.54. The molecule has 0 saturated heterocycles. The SMILES string of the molecule is NC(=O)c1cccc(C(=O)NC2CC2)c1CCNc1nsc2ccccc12. The summed E-state index contributed by atoms with van der Waals surface area (Å²) in [6.45, 7) is 0.543. The molecular weight excluding hydrogens is 360 g/mol. The first-order valence-electron chi connectivity index (χ1n) is 8.94. The van der Waals surface area contributed by atoms with Crippen molar-refractivity contribution in [2.45, 2.75) is 25.3 Å². The number of carbonyl (C=O) groups is 2. The fraction of sp³-hybridized carbons (Fsp3) is 0.250. The van der Waals surface area contributed by atoms with Crippen molar-refractivity contribution in [1.82, 2.24) is 9.69 Å². The van der Waals surface area contributed by atoms with Crippen LogP contribution in [-0.4, -0.2) is 28.8 Å². The topological polar surface area (TPSA) is 97.1 Å². The molecule has 2 aromatic carbocycles. The molecule has 0 unspecified atom stereocenters. The van der Waals surface area contributed by atoms with Crippen LogP contribution in [0, 0.1) is 0 Å². The van der Waals surface area contributed by atoms with Crippen LogP contribution in [0.15, 0.2) is 42.5 Å². The van der Waals surface area contributed by atoms with Gasteiger partial charge in [0.2, 0.25) is 5.91 Å². The Hall–Kier alpha value is -2.93. The molecule has 4 N–H and O–H groups in total. The summed E-state index contributed by atoms with van der Waals surface area (Å²) in [5, 5.41) is 7.37. The molecule has 0 aliphatic heterocycles. The summed E-state index contributed by atoms with van der Waals surface area (Å²) in [5.41, 5.74) is 7.12. The van der Waals surface area contributed by atoms with Gasteiger partial charge < -0.3 is 16.4 Å². The average molecular weight is 380 g/mol. The summed E-state index contributed by atoms with van der Waals surface area (Å²) in [5.74, 6) is 0.149. The van der Waals surface area contributed by atoms with Gasteiger partial charge in [0.05, 0.1) is 4.70 Å². The molecule has 1 heterocycles. The number of carbonyl (C=O) groups excluding carboxylic acids is 2. The number of amides is 2. The standard InChI is InChI=1S/C20H20N4O2S/c21-18(25)14-5-3-6-15(20(26)23-12-8-9-12)13(14)10-11-22-19-16-4-1-2-7-17(16)27-24-19/h1-7,12H,8-11H2,(H2,21,25)(H,22,24)(H,23,26). The number of benzene rings is 2. The van der Waals surface area contributed by atoms with E-state index in [4.69, 9.17) is 5.73 Å². The van der Waals surface area contributed by atoms with E-state index in [1.807, 2.05) is 24.3 Å². The number of hydrogen-bond acceptors (Lipinski definition) is 5. The molecule has 0 radical (unpaired) electrons. The predicted molar refractivity (Wildman–Crippen MR) is 107 cm³/mol. The molecule has 3 aromatic rings. The number of rotatable bonds is 7. The van der Waals surface area contributed by atoms with Crippen molar-refractivity contribution in [1.29, 1.82) is 0 Å². The summed E-state index contributed by atoms with van der Waals surface area (Å²) in [4.78, 5) is 24.4. The number of fused-ring (bicyclic) bond motifs is 1. The van der Waals surface area contributed by atoms with Crippen molar-refractivity contribution in [3.63, 3.8) is 0 Å². The van der Waals surface area contributed by atoms with Gasteiger partial charge in [-0.2, -0.15) is 4.37 Å². The van der Waals surface area contributed by atoms with Gasteiger partial charge in [0.15, 0.2) is 0 Å². The minimum absolute atomic E-state index is 0.144. The van der Waals surface area contributed by atoms with Gasteiger partial charge in [-0.3, -0.25) is 9.59 Å². The van der Waals surface area contributed by atoms with Gasteiger partial charge in [0, 0.05) is 29.1 Å². The second-order valence-electron chi connectivity index (χ2n) is 6.65. The van der Waals surface area contributed by atoms with Gasteiger partial charge >= 0.3 is 0 Å². The summed E-state index contributed by atoms with van der Waals surface area (Å²) in [6, 6.07) is 13.4. The smallest absolute Gasteiger partial charge is 0.251 e. The van der Waals surface area contributed by atoms with Crippen LogP contribution >= 0.6 is 11.5 Å². The van der Waals surface area contributed by atoms with E-state index in [2.05, 4.69) is 15.0 Å². The maximum Gasteiger partial charge on any atom is 0.251 e. The molecule has 6 nitrogen and oxygen atoms in total. The Morgan fingerprint density at radius 1 is 1.11 bits per heavy atom. The highest BCUT2D eigenvalue weighted by atomic mass is 32.1. The van der Waals surface area contributed by atoms with E-state index in [0.717, 1.165) is 28.7 Å². The third-order valence-electron chi connectivity index (χ3n) is 4.64. The highest BCUT2D eigenvalue weighted by Gasteiger charge is 2.25. The second kappa shape index (κ2) is 7.36. The Kier molecular flexibility index (Phi) is 4.77. The molecule has 1 aliphatic carbocycles. The van der Waals surface area contributed by atoms with Gasteiger partial charge in [-0.1, -0.05) is 18.2 Å². The Labute approximate surface area is 160 Å². The highest BCUT2D eigenvalue weighted by molar-refractivity contribution is 7.13. The molecule has 138 valence electrons. The maximum absolute atomic E-state index is 12.6. The first-order valence-corrected chi connectivity index (χ1v) is 9.71. The lowest BCUT2D eigenvalue weighted by Crippen LogP contribution is -2.28. The summed E-state index contributed by atoms with van der Waals surface area (Å²) in [6.07, 6.45) is 2.52. The molecule has 1 saturated carbocycles. The quantitative estimate of drug-likeness (QED) is 0.587. The van der Waals surface area contributed by atoms with Gasteiger partial charge in [0.1, 0.15) is 5.82 Å². The normalized spacial score (nSPS) is 13.5. The predicted octanol–water partition coefficient (Wildman–Crippen LogP) is 2.94. The summed E-state index contributed by atoms with van der Waals surface area (Å²) in [7, 11) is 0. The Bertz CT molecular complexity index is 1010. The van der Waals surface area contributed by atoms with Gasteiger partial charge in [0.25, 0.3) is 5.91 Å². The lowest BCUT2D eigenvalue weighted by atomic mass is 9.97. The third-order valence-corrected chi connectivity index (χ3v) is 5.47. The van der Waals surface area contributed by atoms with Crippen molar-refractivity contribution in [2.24, 2.45) is 5.73 Å². The van der Waals surface area contributed by atoms with Crippen molar-refractivity contribution < 1.29 is 9.59 Å². The van der Waals surface area contributed by atoms with Crippen LogP contribution < -0.4 is 16.4 Å². The average Bonchev–Trinajstić information content (AvgIpc) is 3.39. The van der Waals surface area contributed by atoms with Crippen molar-refractivity contribution in [3.05, 3.63) is 59.2 Å². The van der Waals surface area contributed by atoms with Crippen LogP contribution in [0.4, 0.5) is 5.82 Å². The maximum atomic E-state index is 12.6. The molecule has 0 bridgehead atoms. The first kappa shape index (κ1) is 17.5. The van der Waals surface area contributed by atoms with Crippen LogP contribution in [-0.2, 0) is 6.42 Å². The first-order chi connectivity index (χ1) is 13.1. The minimum Gasteiger partial charge on any atom is -0.368 e. The molecule has 1 fully saturated rings. The van der Waals surface area contributed by atoms with E-state index in [1.54, 1.807) is 18.2 Å². The molecule has 2 amide bonds. The number of hydrogen-bond donors (Lipinski definition) is 3. The summed E-state index contributed by atoms with van der Waals surface area (Å²) >= 11 is 1.44. The third kappa shape index (κ3) is 3.78. The summed E-state index contributed by atoms with van der Waals surface area (Å²) < 4.78 is 5.56. The van der Waals surface area contributed by atoms with E-state index in [-0.39, 0.29) is 11.9 Å². The number of anilines is 1. The molecule has 4 rings (SSSR count). The van der Waals surface area contributed by atoms with Crippen molar-refractivity contribution in [3.8, 4) is 0 Å². The fourth-order valence-electron chi connectivity index (χ4n) is 3.11. The monoisotopic (exact) mass is 380 g/mol.